The van der Waals surface area contributed by atoms with Crippen molar-refractivity contribution >= 4 is 14.1 Å². The molecule has 0 saturated carbocycles. The van der Waals surface area contributed by atoms with Gasteiger partial charge in [0.15, 0.2) is 5.84 Å². The third kappa shape index (κ3) is 3.37. The van der Waals surface area contributed by atoms with E-state index in [4.69, 9.17) is 0 Å². The van der Waals surface area contributed by atoms with Gasteiger partial charge in [-0.3, -0.25) is 4.99 Å². The van der Waals surface area contributed by atoms with Crippen molar-refractivity contribution in [2.24, 2.45) is 4.99 Å². The first-order valence-corrected chi connectivity index (χ1v) is 7.33. The number of hydrogen-bond acceptors (Lipinski definition) is 1. The molecule has 0 aromatic heterocycles. The maximum Gasteiger partial charge on any atom is 0.448 e. The fraction of sp³-hybridized carbons (Fsp3) is 0.857. The van der Waals surface area contributed by atoms with Crippen molar-refractivity contribution in [3.8, 4) is 0 Å². The smallest absolute Gasteiger partial charge is 0.382 e. The molecule has 0 atom stereocenters. The van der Waals surface area contributed by atoms with Crippen LogP contribution in [0.25, 0.3) is 0 Å². The van der Waals surface area contributed by atoms with Gasteiger partial charge in [0.25, 0.3) is 0 Å². The van der Waals surface area contributed by atoms with Gasteiger partial charge >= 0.3 is 6.18 Å². The fourth-order valence-corrected chi connectivity index (χ4v) is 1.65. The molecule has 0 radical (unpaired) electrons. The molecule has 13 heavy (non-hydrogen) atoms. The van der Waals surface area contributed by atoms with Gasteiger partial charge in [-0.1, -0.05) is 19.6 Å². The summed E-state index contributed by atoms with van der Waals surface area (Å²) < 4.78 is 38.3. The number of amidine groups is 1. The highest BCUT2D eigenvalue weighted by Gasteiger charge is 2.41. The SMILES string of the molecule is CN=C(N(C)[Si](C)(C)C)C(F)(F)F. The van der Waals surface area contributed by atoms with Crippen molar-refractivity contribution in [2.75, 3.05) is 14.1 Å². The molecule has 0 fully saturated rings. The second kappa shape index (κ2) is 3.69. The van der Waals surface area contributed by atoms with Gasteiger partial charge in [0.2, 0.25) is 0 Å². The predicted molar refractivity (Wildman–Crippen MR) is 50.5 cm³/mol. The van der Waals surface area contributed by atoms with Crippen LogP contribution in [0.5, 0.6) is 0 Å². The van der Waals surface area contributed by atoms with Crippen molar-refractivity contribution in [3.05, 3.63) is 0 Å². The van der Waals surface area contributed by atoms with Crippen LogP contribution in [-0.4, -0.2) is 38.9 Å². The molecule has 0 aliphatic heterocycles. The molecule has 0 aliphatic carbocycles. The zero-order valence-corrected chi connectivity index (χ0v) is 9.53. The van der Waals surface area contributed by atoms with Gasteiger partial charge in [-0.25, -0.2) is 0 Å². The Morgan fingerprint density at radius 1 is 1.23 bits per heavy atom. The minimum Gasteiger partial charge on any atom is -0.382 e. The molecule has 2 nitrogen and oxygen atoms in total. The third-order valence-electron chi connectivity index (χ3n) is 1.79. The molecule has 0 unspecified atom stereocenters. The lowest BCUT2D eigenvalue weighted by Gasteiger charge is -2.33. The highest BCUT2D eigenvalue weighted by Crippen LogP contribution is 2.22. The number of halogens is 3. The second-order valence-corrected chi connectivity index (χ2v) is 8.79. The summed E-state index contributed by atoms with van der Waals surface area (Å²) in [4.78, 5) is 3.28. The fourth-order valence-electron chi connectivity index (χ4n) is 0.785. The van der Waals surface area contributed by atoms with Gasteiger partial charge in [0.05, 0.1) is 0 Å². The number of hydrogen-bond donors (Lipinski definition) is 0. The molecule has 0 aromatic carbocycles. The van der Waals surface area contributed by atoms with E-state index in [2.05, 4.69) is 4.99 Å². The molecule has 0 aromatic rings. The molecule has 0 heterocycles. The minimum atomic E-state index is -4.34. The van der Waals surface area contributed by atoms with Crippen LogP contribution in [0.2, 0.25) is 19.6 Å². The Balaban J connectivity index is 4.84. The van der Waals surface area contributed by atoms with Crippen LogP contribution in [0.15, 0.2) is 4.99 Å². The maximum atomic E-state index is 12.4. The van der Waals surface area contributed by atoms with Gasteiger partial charge in [-0.2, -0.15) is 13.2 Å². The summed E-state index contributed by atoms with van der Waals surface area (Å²) >= 11 is 0. The van der Waals surface area contributed by atoms with E-state index < -0.39 is 20.2 Å². The van der Waals surface area contributed by atoms with Gasteiger partial charge in [0, 0.05) is 7.05 Å². The second-order valence-electron chi connectivity index (χ2n) is 3.77. The van der Waals surface area contributed by atoms with Crippen LogP contribution in [0, 0.1) is 0 Å². The average Bonchev–Trinajstić information content (AvgIpc) is 1.83. The van der Waals surface area contributed by atoms with Gasteiger partial charge in [-0.15, -0.1) is 0 Å². The van der Waals surface area contributed by atoms with Crippen LogP contribution < -0.4 is 0 Å². The average molecular weight is 212 g/mol. The summed E-state index contributed by atoms with van der Waals surface area (Å²) in [7, 11) is 0.641. The summed E-state index contributed by atoms with van der Waals surface area (Å²) in [6, 6.07) is 0. The largest absolute Gasteiger partial charge is 0.448 e. The predicted octanol–water partition coefficient (Wildman–Crippen LogP) is 2.34. The van der Waals surface area contributed by atoms with Crippen LogP contribution in [0.3, 0.4) is 0 Å². The summed E-state index contributed by atoms with van der Waals surface area (Å²) in [6.07, 6.45) is -4.34. The van der Waals surface area contributed by atoms with E-state index >= 15 is 0 Å². The number of rotatable bonds is 1. The Morgan fingerprint density at radius 2 is 1.62 bits per heavy atom. The number of nitrogens with zero attached hydrogens (tertiary/aromatic N) is 2. The van der Waals surface area contributed by atoms with E-state index in [1.165, 1.54) is 18.7 Å². The zero-order chi connectivity index (χ0) is 10.9. The molecule has 0 spiro atoms. The van der Waals surface area contributed by atoms with Crippen molar-refractivity contribution in [3.63, 3.8) is 0 Å². The first-order chi connectivity index (χ1) is 5.60. The Hall–Kier alpha value is -0.523. The van der Waals surface area contributed by atoms with Crippen LogP contribution in [0.1, 0.15) is 0 Å². The molecule has 0 aliphatic rings. The normalized spacial score (nSPS) is 14.6. The van der Waals surface area contributed by atoms with Crippen molar-refractivity contribution in [2.45, 2.75) is 25.8 Å². The maximum absolute atomic E-state index is 12.4. The highest BCUT2D eigenvalue weighted by molar-refractivity contribution is 6.75. The van der Waals surface area contributed by atoms with E-state index in [9.17, 15) is 13.2 Å². The zero-order valence-electron chi connectivity index (χ0n) is 8.53. The summed E-state index contributed by atoms with van der Waals surface area (Å²) in [5, 5.41) is 0. The highest BCUT2D eigenvalue weighted by atomic mass is 28.3. The monoisotopic (exact) mass is 212 g/mol. The molecule has 0 saturated heterocycles. The Morgan fingerprint density at radius 3 is 1.69 bits per heavy atom. The van der Waals surface area contributed by atoms with Crippen LogP contribution in [0.4, 0.5) is 13.2 Å². The summed E-state index contributed by atoms with van der Waals surface area (Å²) in [5.41, 5.74) is 0. The lowest BCUT2D eigenvalue weighted by molar-refractivity contribution is -0.0653. The topological polar surface area (TPSA) is 15.6 Å². The molecular weight excluding hydrogens is 197 g/mol. The molecule has 0 rings (SSSR count). The number of alkyl halides is 3. The third-order valence-corrected chi connectivity index (χ3v) is 4.01. The van der Waals surface area contributed by atoms with Crippen LogP contribution in [-0.2, 0) is 0 Å². The Bertz CT molecular complexity index is 205. The van der Waals surface area contributed by atoms with E-state index in [1.54, 1.807) is 0 Å². The Kier molecular flexibility index (Phi) is 3.54. The summed E-state index contributed by atoms with van der Waals surface area (Å²) in [6.45, 7) is 5.51. The van der Waals surface area contributed by atoms with E-state index in [-0.39, 0.29) is 0 Å². The molecule has 6 heteroatoms. The number of aliphatic imine (C=N–C) groups is 1. The van der Waals surface area contributed by atoms with Crippen molar-refractivity contribution in [1.29, 1.82) is 0 Å². The van der Waals surface area contributed by atoms with Crippen molar-refractivity contribution < 1.29 is 13.2 Å². The van der Waals surface area contributed by atoms with E-state index in [0.29, 0.717) is 0 Å². The molecule has 78 valence electrons. The standard InChI is InChI=1S/C7H15F3N2Si/c1-11-6(7(8,9)10)12(2)13(3,4)5/h1-5H3. The molecule has 0 amide bonds. The first kappa shape index (κ1) is 12.5. The van der Waals surface area contributed by atoms with Crippen molar-refractivity contribution in [1.82, 2.24) is 4.57 Å². The lowest BCUT2D eigenvalue weighted by atomic mass is 10.6. The van der Waals surface area contributed by atoms with Crippen LogP contribution >= 0.6 is 0 Å². The molecular formula is C7H15F3N2Si. The minimum absolute atomic E-state index is 0.785. The molecule has 0 N–H and O–H groups in total. The van der Waals surface area contributed by atoms with E-state index in [0.717, 1.165) is 0 Å². The van der Waals surface area contributed by atoms with Gasteiger partial charge < -0.3 is 4.57 Å². The summed E-state index contributed by atoms with van der Waals surface area (Å²) in [5.74, 6) is -0.785. The van der Waals surface area contributed by atoms with Gasteiger partial charge in [-0.05, 0) is 7.05 Å². The Labute approximate surface area is 77.5 Å². The van der Waals surface area contributed by atoms with E-state index in [1.807, 2.05) is 19.6 Å². The molecule has 0 bridgehead atoms. The quantitative estimate of drug-likeness (QED) is 0.370. The van der Waals surface area contributed by atoms with Gasteiger partial charge in [0.1, 0.15) is 8.24 Å². The lowest BCUT2D eigenvalue weighted by Crippen LogP contribution is -2.52. The first-order valence-electron chi connectivity index (χ1n) is 3.88.